The summed E-state index contributed by atoms with van der Waals surface area (Å²) in [6.07, 6.45) is 3.42. The van der Waals surface area contributed by atoms with Crippen LogP contribution >= 0.6 is 0 Å². The van der Waals surface area contributed by atoms with Crippen molar-refractivity contribution in [2.75, 3.05) is 32.8 Å². The highest BCUT2D eigenvalue weighted by Gasteiger charge is 2.20. The summed E-state index contributed by atoms with van der Waals surface area (Å²) in [7, 11) is 0. The molecule has 0 aromatic heterocycles. The number of aryl methyl sites for hydroxylation is 1. The van der Waals surface area contributed by atoms with Gasteiger partial charge in [0.05, 0.1) is 19.3 Å². The third-order valence-electron chi connectivity index (χ3n) is 4.32. The van der Waals surface area contributed by atoms with Crippen LogP contribution in [0.5, 0.6) is 0 Å². The molecule has 118 valence electrons. The number of ether oxygens (including phenoxy) is 1. The molecule has 0 spiro atoms. The number of hydrogen-bond donors (Lipinski definition) is 2. The Morgan fingerprint density at radius 2 is 2.05 bits per heavy atom. The molecule has 2 rings (SSSR count). The monoisotopic (exact) mass is 292 g/mol. The van der Waals surface area contributed by atoms with Gasteiger partial charge in [-0.3, -0.25) is 0 Å². The van der Waals surface area contributed by atoms with E-state index in [1.807, 2.05) is 0 Å². The summed E-state index contributed by atoms with van der Waals surface area (Å²) >= 11 is 0. The zero-order chi connectivity index (χ0) is 15.1. The number of likely N-dealkylation sites (tertiary alicyclic amines) is 1. The molecule has 1 aliphatic heterocycles. The van der Waals surface area contributed by atoms with Crippen LogP contribution in [0.2, 0.25) is 0 Å². The van der Waals surface area contributed by atoms with Crippen molar-refractivity contribution in [3.63, 3.8) is 0 Å². The molecule has 0 bridgehead atoms. The first kappa shape index (κ1) is 16.4. The van der Waals surface area contributed by atoms with Gasteiger partial charge in [-0.2, -0.15) is 0 Å². The van der Waals surface area contributed by atoms with E-state index in [1.54, 1.807) is 0 Å². The van der Waals surface area contributed by atoms with Crippen molar-refractivity contribution in [3.05, 3.63) is 35.4 Å². The summed E-state index contributed by atoms with van der Waals surface area (Å²) in [5.41, 5.74) is 8.87. The minimum absolute atomic E-state index is 0.117. The second-order valence-corrected chi connectivity index (χ2v) is 5.89. The SMILES string of the molecule is Cc1ccccc1C(N)CCN1CCC(OCCO)CC1. The van der Waals surface area contributed by atoms with E-state index in [9.17, 15) is 0 Å². The molecular weight excluding hydrogens is 264 g/mol. The molecule has 1 unspecified atom stereocenters. The number of rotatable bonds is 7. The van der Waals surface area contributed by atoms with Gasteiger partial charge in [0.2, 0.25) is 0 Å². The highest BCUT2D eigenvalue weighted by Crippen LogP contribution is 2.20. The standard InChI is InChI=1S/C17H28N2O2/c1-14-4-2-3-5-16(14)17(18)8-11-19-9-6-15(7-10-19)21-13-12-20/h2-5,15,17,20H,6-13,18H2,1H3. The lowest BCUT2D eigenvalue weighted by Crippen LogP contribution is -2.38. The molecule has 1 aromatic rings. The van der Waals surface area contributed by atoms with Crippen molar-refractivity contribution in [2.45, 2.75) is 38.3 Å². The van der Waals surface area contributed by atoms with E-state index in [0.717, 1.165) is 38.9 Å². The number of aliphatic hydroxyl groups is 1. The Morgan fingerprint density at radius 3 is 2.71 bits per heavy atom. The smallest absolute Gasteiger partial charge is 0.0701 e. The largest absolute Gasteiger partial charge is 0.394 e. The number of aliphatic hydroxyl groups excluding tert-OH is 1. The highest BCUT2D eigenvalue weighted by atomic mass is 16.5. The first-order valence-electron chi connectivity index (χ1n) is 7.96. The van der Waals surface area contributed by atoms with Crippen molar-refractivity contribution in [1.82, 2.24) is 4.90 Å². The Bertz CT molecular complexity index is 417. The van der Waals surface area contributed by atoms with Crippen molar-refractivity contribution < 1.29 is 9.84 Å². The predicted octanol–water partition coefficient (Wildman–Crippen LogP) is 1.86. The molecule has 1 heterocycles. The Balaban J connectivity index is 1.71. The van der Waals surface area contributed by atoms with Crippen LogP contribution in [0.4, 0.5) is 0 Å². The summed E-state index contributed by atoms with van der Waals surface area (Å²) in [6.45, 7) is 5.88. The number of nitrogens with zero attached hydrogens (tertiary/aromatic N) is 1. The van der Waals surface area contributed by atoms with Crippen LogP contribution in [0.1, 0.15) is 36.4 Å². The second kappa shape index (κ2) is 8.49. The van der Waals surface area contributed by atoms with Gasteiger partial charge in [0, 0.05) is 19.1 Å². The molecule has 0 saturated carbocycles. The van der Waals surface area contributed by atoms with Gasteiger partial charge in [-0.1, -0.05) is 24.3 Å². The first-order chi connectivity index (χ1) is 10.2. The maximum Gasteiger partial charge on any atom is 0.0701 e. The summed E-state index contributed by atoms with van der Waals surface area (Å²) in [5.74, 6) is 0. The summed E-state index contributed by atoms with van der Waals surface area (Å²) in [5, 5.41) is 8.78. The average molecular weight is 292 g/mol. The Labute approximate surface area is 127 Å². The molecule has 0 radical (unpaired) electrons. The molecule has 0 aliphatic carbocycles. The van der Waals surface area contributed by atoms with Gasteiger partial charge in [0.25, 0.3) is 0 Å². The number of piperidine rings is 1. The van der Waals surface area contributed by atoms with Gasteiger partial charge >= 0.3 is 0 Å². The van der Waals surface area contributed by atoms with Crippen LogP contribution < -0.4 is 5.73 Å². The lowest BCUT2D eigenvalue weighted by Gasteiger charge is -2.32. The molecule has 3 N–H and O–H groups in total. The molecule has 1 saturated heterocycles. The maximum absolute atomic E-state index is 8.78. The number of hydrogen-bond acceptors (Lipinski definition) is 4. The maximum atomic E-state index is 8.78. The van der Waals surface area contributed by atoms with Gasteiger partial charge in [0.15, 0.2) is 0 Å². The van der Waals surface area contributed by atoms with E-state index < -0.39 is 0 Å². The zero-order valence-corrected chi connectivity index (χ0v) is 13.0. The molecular formula is C17H28N2O2. The fourth-order valence-corrected chi connectivity index (χ4v) is 3.00. The van der Waals surface area contributed by atoms with Crippen molar-refractivity contribution in [3.8, 4) is 0 Å². The van der Waals surface area contributed by atoms with E-state index in [-0.39, 0.29) is 12.6 Å². The first-order valence-corrected chi connectivity index (χ1v) is 7.96. The minimum Gasteiger partial charge on any atom is -0.394 e. The normalized spacial score (nSPS) is 18.8. The van der Waals surface area contributed by atoms with E-state index in [1.165, 1.54) is 11.1 Å². The van der Waals surface area contributed by atoms with E-state index >= 15 is 0 Å². The lowest BCUT2D eigenvalue weighted by molar-refractivity contribution is -0.00802. The molecule has 4 heteroatoms. The molecule has 1 aromatic carbocycles. The van der Waals surface area contributed by atoms with Crippen molar-refractivity contribution >= 4 is 0 Å². The van der Waals surface area contributed by atoms with Crippen LogP contribution in [-0.4, -0.2) is 49.0 Å². The number of nitrogens with two attached hydrogens (primary N) is 1. The zero-order valence-electron chi connectivity index (χ0n) is 13.0. The average Bonchev–Trinajstić information content (AvgIpc) is 2.52. The lowest BCUT2D eigenvalue weighted by atomic mass is 9.99. The third-order valence-corrected chi connectivity index (χ3v) is 4.32. The van der Waals surface area contributed by atoms with Crippen molar-refractivity contribution in [2.24, 2.45) is 5.73 Å². The number of benzene rings is 1. The van der Waals surface area contributed by atoms with Gasteiger partial charge in [-0.25, -0.2) is 0 Å². The molecule has 4 nitrogen and oxygen atoms in total. The Kier molecular flexibility index (Phi) is 6.64. The van der Waals surface area contributed by atoms with Gasteiger partial charge in [-0.05, 0) is 43.9 Å². The Morgan fingerprint density at radius 1 is 1.33 bits per heavy atom. The van der Waals surface area contributed by atoms with E-state index in [4.69, 9.17) is 15.6 Å². The quantitative estimate of drug-likeness (QED) is 0.805. The van der Waals surface area contributed by atoms with Crippen LogP contribution in [0.15, 0.2) is 24.3 Å². The molecule has 1 atom stereocenters. The molecule has 1 fully saturated rings. The minimum atomic E-state index is 0.117. The molecule has 21 heavy (non-hydrogen) atoms. The third kappa shape index (κ3) is 5.08. The predicted molar refractivity (Wildman–Crippen MR) is 85.2 cm³/mol. The molecule has 0 amide bonds. The fourth-order valence-electron chi connectivity index (χ4n) is 3.00. The molecule has 1 aliphatic rings. The second-order valence-electron chi connectivity index (χ2n) is 5.89. The highest BCUT2D eigenvalue weighted by molar-refractivity contribution is 5.28. The van der Waals surface area contributed by atoms with E-state index in [0.29, 0.717) is 12.7 Å². The van der Waals surface area contributed by atoms with Gasteiger partial charge in [-0.15, -0.1) is 0 Å². The van der Waals surface area contributed by atoms with Crippen molar-refractivity contribution in [1.29, 1.82) is 0 Å². The van der Waals surface area contributed by atoms with Gasteiger partial charge in [0.1, 0.15) is 0 Å². The van der Waals surface area contributed by atoms with Crippen LogP contribution in [0.25, 0.3) is 0 Å². The van der Waals surface area contributed by atoms with Crippen LogP contribution in [-0.2, 0) is 4.74 Å². The van der Waals surface area contributed by atoms with Crippen LogP contribution in [0, 0.1) is 6.92 Å². The van der Waals surface area contributed by atoms with Gasteiger partial charge < -0.3 is 20.5 Å². The summed E-state index contributed by atoms with van der Waals surface area (Å²) in [4.78, 5) is 2.47. The van der Waals surface area contributed by atoms with Crippen LogP contribution in [0.3, 0.4) is 0 Å². The van der Waals surface area contributed by atoms with E-state index in [2.05, 4.69) is 36.1 Å². The fraction of sp³-hybridized carbons (Fsp3) is 0.647. The Hall–Kier alpha value is -0.940. The topological polar surface area (TPSA) is 58.7 Å². The summed E-state index contributed by atoms with van der Waals surface area (Å²) in [6, 6.07) is 8.50. The summed E-state index contributed by atoms with van der Waals surface area (Å²) < 4.78 is 5.59.